The lowest BCUT2D eigenvalue weighted by atomic mass is 10.2. The van der Waals surface area contributed by atoms with Gasteiger partial charge in [-0.3, -0.25) is 4.99 Å². The molecule has 0 radical (unpaired) electrons. The molecule has 7 heteroatoms. The Hall–Kier alpha value is -1.60. The first-order valence-corrected chi connectivity index (χ1v) is 9.44. The number of nitrogens with zero attached hydrogens (tertiary/aromatic N) is 2. The highest BCUT2D eigenvalue weighted by Crippen LogP contribution is 2.20. The highest BCUT2D eigenvalue weighted by atomic mass is 32.2. The van der Waals surface area contributed by atoms with Gasteiger partial charge in [-0.25, -0.2) is 8.42 Å². The van der Waals surface area contributed by atoms with Gasteiger partial charge < -0.3 is 10.6 Å². The van der Waals surface area contributed by atoms with E-state index in [1.807, 2.05) is 26.0 Å². The summed E-state index contributed by atoms with van der Waals surface area (Å²) in [6.07, 6.45) is 1.90. The second-order valence-electron chi connectivity index (χ2n) is 5.98. The van der Waals surface area contributed by atoms with Crippen LogP contribution >= 0.6 is 0 Å². The van der Waals surface area contributed by atoms with E-state index >= 15 is 0 Å². The first kappa shape index (κ1) is 17.7. The van der Waals surface area contributed by atoms with Crippen LogP contribution in [0.25, 0.3) is 0 Å². The summed E-state index contributed by atoms with van der Waals surface area (Å²) < 4.78 is 26.5. The standard InChI is InChI=1S/C16H26N4O2S/c1-13(2)19-16(17-3)18-12-14-6-8-15(9-7-14)23(21,22)20-10-4-5-11-20/h6-9,13H,4-5,10-12H2,1-3H3,(H2,17,18,19). The first-order chi connectivity index (χ1) is 10.9. The van der Waals surface area contributed by atoms with Crippen LogP contribution in [0.5, 0.6) is 0 Å². The van der Waals surface area contributed by atoms with Gasteiger partial charge in [-0.2, -0.15) is 4.31 Å². The Morgan fingerprint density at radius 1 is 1.22 bits per heavy atom. The average Bonchev–Trinajstić information content (AvgIpc) is 3.06. The van der Waals surface area contributed by atoms with Crippen molar-refractivity contribution in [2.45, 2.75) is 44.2 Å². The van der Waals surface area contributed by atoms with Crippen LogP contribution in [0.15, 0.2) is 34.2 Å². The Morgan fingerprint density at radius 2 is 1.83 bits per heavy atom. The van der Waals surface area contributed by atoms with Crippen LogP contribution in [0.4, 0.5) is 0 Å². The lowest BCUT2D eigenvalue weighted by Crippen LogP contribution is -2.40. The average molecular weight is 338 g/mol. The summed E-state index contributed by atoms with van der Waals surface area (Å²) in [4.78, 5) is 4.51. The zero-order valence-electron chi connectivity index (χ0n) is 14.0. The minimum atomic E-state index is -3.33. The van der Waals surface area contributed by atoms with E-state index in [9.17, 15) is 8.42 Å². The van der Waals surface area contributed by atoms with Crippen molar-refractivity contribution in [1.82, 2.24) is 14.9 Å². The molecular formula is C16H26N4O2S. The minimum absolute atomic E-state index is 0.300. The van der Waals surface area contributed by atoms with Crippen molar-refractivity contribution < 1.29 is 8.42 Å². The molecule has 0 saturated carbocycles. The SMILES string of the molecule is CN=C(NCc1ccc(S(=O)(=O)N2CCCC2)cc1)NC(C)C. The summed E-state index contributed by atoms with van der Waals surface area (Å²) in [5.41, 5.74) is 1.01. The fourth-order valence-electron chi connectivity index (χ4n) is 2.51. The normalized spacial score (nSPS) is 16.8. The Morgan fingerprint density at radius 3 is 2.35 bits per heavy atom. The molecule has 128 valence electrons. The Labute approximate surface area is 139 Å². The summed E-state index contributed by atoms with van der Waals surface area (Å²) >= 11 is 0. The van der Waals surface area contributed by atoms with Crippen molar-refractivity contribution in [3.8, 4) is 0 Å². The number of aliphatic imine (C=N–C) groups is 1. The third-order valence-corrected chi connectivity index (χ3v) is 5.65. The molecule has 0 spiro atoms. The Balaban J connectivity index is 1.99. The van der Waals surface area contributed by atoms with Gasteiger partial charge in [0.25, 0.3) is 0 Å². The zero-order chi connectivity index (χ0) is 16.9. The molecule has 1 aromatic rings. The molecule has 1 saturated heterocycles. The molecule has 1 aliphatic rings. The molecule has 0 unspecified atom stereocenters. The fourth-order valence-corrected chi connectivity index (χ4v) is 4.03. The number of sulfonamides is 1. The van der Waals surface area contributed by atoms with Gasteiger partial charge in [0.15, 0.2) is 5.96 Å². The third-order valence-electron chi connectivity index (χ3n) is 3.74. The summed E-state index contributed by atoms with van der Waals surface area (Å²) in [5, 5.41) is 6.42. The highest BCUT2D eigenvalue weighted by molar-refractivity contribution is 7.89. The maximum atomic E-state index is 12.5. The smallest absolute Gasteiger partial charge is 0.243 e. The highest BCUT2D eigenvalue weighted by Gasteiger charge is 2.26. The van der Waals surface area contributed by atoms with Gasteiger partial charge in [-0.1, -0.05) is 12.1 Å². The van der Waals surface area contributed by atoms with Crippen LogP contribution in [-0.2, 0) is 16.6 Å². The van der Waals surface area contributed by atoms with Crippen molar-refractivity contribution in [2.75, 3.05) is 20.1 Å². The molecule has 0 amide bonds. The van der Waals surface area contributed by atoms with Gasteiger partial charge in [0.05, 0.1) is 4.90 Å². The summed E-state index contributed by atoms with van der Waals surface area (Å²) in [6, 6.07) is 7.36. The van der Waals surface area contributed by atoms with E-state index in [2.05, 4.69) is 15.6 Å². The second-order valence-corrected chi connectivity index (χ2v) is 7.92. The quantitative estimate of drug-likeness (QED) is 0.631. The molecule has 6 nitrogen and oxygen atoms in total. The van der Waals surface area contributed by atoms with Gasteiger partial charge >= 0.3 is 0 Å². The van der Waals surface area contributed by atoms with Crippen LogP contribution in [0.2, 0.25) is 0 Å². The minimum Gasteiger partial charge on any atom is -0.354 e. The topological polar surface area (TPSA) is 73.8 Å². The van der Waals surface area contributed by atoms with Crippen molar-refractivity contribution in [2.24, 2.45) is 4.99 Å². The van der Waals surface area contributed by atoms with E-state index < -0.39 is 10.0 Å². The molecule has 1 fully saturated rings. The van der Waals surface area contributed by atoms with Crippen LogP contribution in [0.1, 0.15) is 32.3 Å². The Bertz CT molecular complexity index is 633. The number of benzene rings is 1. The molecule has 1 aliphatic heterocycles. The van der Waals surface area contributed by atoms with E-state index in [1.54, 1.807) is 23.5 Å². The van der Waals surface area contributed by atoms with E-state index in [0.29, 0.717) is 30.6 Å². The van der Waals surface area contributed by atoms with Gasteiger partial charge in [0.2, 0.25) is 10.0 Å². The van der Waals surface area contributed by atoms with Crippen LogP contribution in [-0.4, -0.2) is 44.9 Å². The van der Waals surface area contributed by atoms with E-state index in [0.717, 1.165) is 24.4 Å². The van der Waals surface area contributed by atoms with Crippen LogP contribution < -0.4 is 10.6 Å². The third kappa shape index (κ3) is 4.68. The summed E-state index contributed by atoms with van der Waals surface area (Å²) in [6.45, 7) is 5.94. The maximum Gasteiger partial charge on any atom is 0.243 e. The lowest BCUT2D eigenvalue weighted by Gasteiger charge is -2.16. The predicted molar refractivity (Wildman–Crippen MR) is 92.9 cm³/mol. The van der Waals surface area contributed by atoms with E-state index in [1.165, 1.54) is 0 Å². The van der Waals surface area contributed by atoms with Crippen molar-refractivity contribution in [1.29, 1.82) is 0 Å². The molecule has 2 N–H and O–H groups in total. The molecule has 23 heavy (non-hydrogen) atoms. The first-order valence-electron chi connectivity index (χ1n) is 8.00. The monoisotopic (exact) mass is 338 g/mol. The second kappa shape index (κ2) is 7.79. The molecule has 0 aromatic heterocycles. The van der Waals surface area contributed by atoms with Crippen molar-refractivity contribution >= 4 is 16.0 Å². The van der Waals surface area contributed by atoms with E-state index in [-0.39, 0.29) is 0 Å². The number of rotatable bonds is 5. The predicted octanol–water partition coefficient (Wildman–Crippen LogP) is 1.54. The summed E-state index contributed by atoms with van der Waals surface area (Å²) in [7, 11) is -1.60. The molecule has 0 aliphatic carbocycles. The molecular weight excluding hydrogens is 312 g/mol. The Kier molecular flexibility index (Phi) is 6.01. The molecule has 1 heterocycles. The van der Waals surface area contributed by atoms with Gasteiger partial charge in [0.1, 0.15) is 0 Å². The zero-order valence-corrected chi connectivity index (χ0v) is 14.9. The fraction of sp³-hybridized carbons (Fsp3) is 0.562. The lowest BCUT2D eigenvalue weighted by molar-refractivity contribution is 0.477. The molecule has 0 atom stereocenters. The van der Waals surface area contributed by atoms with Gasteiger partial charge in [-0.15, -0.1) is 0 Å². The van der Waals surface area contributed by atoms with E-state index in [4.69, 9.17) is 0 Å². The van der Waals surface area contributed by atoms with Crippen LogP contribution in [0.3, 0.4) is 0 Å². The van der Waals surface area contributed by atoms with Gasteiger partial charge in [-0.05, 0) is 44.4 Å². The number of hydrogen-bond acceptors (Lipinski definition) is 3. The maximum absolute atomic E-state index is 12.5. The molecule has 2 rings (SSSR count). The van der Waals surface area contributed by atoms with Crippen molar-refractivity contribution in [3.05, 3.63) is 29.8 Å². The number of hydrogen-bond donors (Lipinski definition) is 2. The number of guanidine groups is 1. The molecule has 0 bridgehead atoms. The van der Waals surface area contributed by atoms with Gasteiger partial charge in [0, 0.05) is 32.7 Å². The van der Waals surface area contributed by atoms with Crippen LogP contribution in [0, 0.1) is 0 Å². The molecule has 1 aromatic carbocycles. The largest absolute Gasteiger partial charge is 0.354 e. The number of nitrogens with one attached hydrogen (secondary N) is 2. The summed E-state index contributed by atoms with van der Waals surface area (Å²) in [5.74, 6) is 0.730. The van der Waals surface area contributed by atoms with Crippen molar-refractivity contribution in [3.63, 3.8) is 0 Å².